The minimum Gasteiger partial charge on any atom is -0.444 e. The summed E-state index contributed by atoms with van der Waals surface area (Å²) in [5, 5.41) is 9.58. The molecule has 5 heteroatoms. The van der Waals surface area contributed by atoms with E-state index in [2.05, 4.69) is 0 Å². The molecular formula is C10H20N2O3. The summed E-state index contributed by atoms with van der Waals surface area (Å²) >= 11 is 0. The lowest BCUT2D eigenvalue weighted by Crippen LogP contribution is -2.36. The second-order valence-electron chi connectivity index (χ2n) is 4.95. The highest BCUT2D eigenvalue weighted by Crippen LogP contribution is 2.18. The van der Waals surface area contributed by atoms with Gasteiger partial charge in [-0.3, -0.25) is 0 Å². The Bertz CT molecular complexity index is 237. The zero-order chi connectivity index (χ0) is 11.6. The molecule has 0 aliphatic carbocycles. The van der Waals surface area contributed by atoms with Crippen LogP contribution in [0.2, 0.25) is 0 Å². The average molecular weight is 216 g/mol. The molecule has 1 saturated heterocycles. The second-order valence-corrected chi connectivity index (χ2v) is 4.95. The Morgan fingerprint density at radius 2 is 2.13 bits per heavy atom. The number of nitrogens with zero attached hydrogens (tertiary/aromatic N) is 1. The van der Waals surface area contributed by atoms with Crippen LogP contribution in [0.15, 0.2) is 0 Å². The zero-order valence-electron chi connectivity index (χ0n) is 9.56. The van der Waals surface area contributed by atoms with Crippen molar-refractivity contribution in [2.45, 2.75) is 32.5 Å². The molecule has 0 bridgehead atoms. The number of hydrogen-bond acceptors (Lipinski definition) is 4. The van der Waals surface area contributed by atoms with Crippen LogP contribution in [0, 0.1) is 5.92 Å². The number of ether oxygens (including phenoxy) is 1. The van der Waals surface area contributed by atoms with Gasteiger partial charge < -0.3 is 20.5 Å². The van der Waals surface area contributed by atoms with Crippen LogP contribution < -0.4 is 5.73 Å². The summed E-state index contributed by atoms with van der Waals surface area (Å²) in [5.74, 6) is -0.0301. The average Bonchev–Trinajstić information content (AvgIpc) is 2.43. The van der Waals surface area contributed by atoms with Crippen molar-refractivity contribution in [1.29, 1.82) is 0 Å². The van der Waals surface area contributed by atoms with Gasteiger partial charge in [0.15, 0.2) is 0 Å². The van der Waals surface area contributed by atoms with Crippen LogP contribution in [-0.2, 0) is 4.74 Å². The Morgan fingerprint density at radius 3 is 2.53 bits per heavy atom. The first-order valence-electron chi connectivity index (χ1n) is 5.19. The van der Waals surface area contributed by atoms with E-state index in [0.717, 1.165) is 0 Å². The van der Waals surface area contributed by atoms with Gasteiger partial charge in [-0.15, -0.1) is 0 Å². The summed E-state index contributed by atoms with van der Waals surface area (Å²) in [6.45, 7) is 6.64. The normalized spacial score (nSPS) is 26.9. The number of hydrogen-bond donors (Lipinski definition) is 2. The number of β-amino-alcohol motifs (C(OH)–C–C–N with tert-alkyl or cyclic N) is 1. The minimum absolute atomic E-state index is 0.0301. The number of rotatable bonds is 1. The van der Waals surface area contributed by atoms with Gasteiger partial charge in [0, 0.05) is 12.5 Å². The molecule has 1 amide bonds. The molecule has 0 aromatic carbocycles. The largest absolute Gasteiger partial charge is 0.444 e. The predicted molar refractivity (Wildman–Crippen MR) is 56.4 cm³/mol. The number of likely N-dealkylation sites (tertiary alicyclic amines) is 1. The van der Waals surface area contributed by atoms with E-state index >= 15 is 0 Å². The molecule has 0 radical (unpaired) electrons. The van der Waals surface area contributed by atoms with E-state index in [1.807, 2.05) is 20.8 Å². The lowest BCUT2D eigenvalue weighted by atomic mass is 10.1. The van der Waals surface area contributed by atoms with E-state index in [9.17, 15) is 9.90 Å². The second kappa shape index (κ2) is 4.37. The van der Waals surface area contributed by atoms with Gasteiger partial charge in [-0.25, -0.2) is 4.79 Å². The summed E-state index contributed by atoms with van der Waals surface area (Å²) in [7, 11) is 0. The SMILES string of the molecule is CC(C)(C)OC(=O)N1CC(O)C(CN)C1. The van der Waals surface area contributed by atoms with E-state index < -0.39 is 11.7 Å². The number of aliphatic hydroxyl groups excluding tert-OH is 1. The van der Waals surface area contributed by atoms with Crippen LogP contribution in [0.4, 0.5) is 4.79 Å². The fourth-order valence-electron chi connectivity index (χ4n) is 1.56. The Hall–Kier alpha value is -0.810. The van der Waals surface area contributed by atoms with Crippen molar-refractivity contribution in [2.75, 3.05) is 19.6 Å². The van der Waals surface area contributed by atoms with Gasteiger partial charge in [-0.05, 0) is 27.3 Å². The van der Waals surface area contributed by atoms with Gasteiger partial charge in [0.05, 0.1) is 12.6 Å². The van der Waals surface area contributed by atoms with Crippen LogP contribution >= 0.6 is 0 Å². The number of carbonyl (C=O) groups is 1. The summed E-state index contributed by atoms with van der Waals surface area (Å²) in [6.07, 6.45) is -0.903. The summed E-state index contributed by atoms with van der Waals surface area (Å²) in [6, 6.07) is 0. The maximum absolute atomic E-state index is 11.6. The first-order chi connectivity index (χ1) is 6.83. The molecule has 1 aliphatic heterocycles. The standard InChI is InChI=1S/C10H20N2O3/c1-10(2,3)15-9(14)12-5-7(4-11)8(13)6-12/h7-8,13H,4-6,11H2,1-3H3. The van der Waals surface area contributed by atoms with Gasteiger partial charge in [-0.2, -0.15) is 0 Å². The van der Waals surface area contributed by atoms with Crippen molar-refractivity contribution in [3.8, 4) is 0 Å². The Morgan fingerprint density at radius 1 is 1.53 bits per heavy atom. The first-order valence-corrected chi connectivity index (χ1v) is 5.19. The van der Waals surface area contributed by atoms with Crippen LogP contribution in [0.3, 0.4) is 0 Å². The molecule has 2 atom stereocenters. The Labute approximate surface area is 90.2 Å². The van der Waals surface area contributed by atoms with Crippen molar-refractivity contribution in [2.24, 2.45) is 11.7 Å². The smallest absolute Gasteiger partial charge is 0.410 e. The molecular weight excluding hydrogens is 196 g/mol. The van der Waals surface area contributed by atoms with E-state index in [0.29, 0.717) is 19.6 Å². The summed E-state index contributed by atoms with van der Waals surface area (Å²) in [4.78, 5) is 13.1. The third-order valence-corrected chi connectivity index (χ3v) is 2.36. The molecule has 1 heterocycles. The van der Waals surface area contributed by atoms with Gasteiger partial charge in [-0.1, -0.05) is 0 Å². The quantitative estimate of drug-likeness (QED) is 0.655. The molecule has 0 spiro atoms. The maximum atomic E-state index is 11.6. The van der Waals surface area contributed by atoms with Crippen LogP contribution in [0.25, 0.3) is 0 Å². The molecule has 2 unspecified atom stereocenters. The number of carbonyl (C=O) groups excluding carboxylic acids is 1. The zero-order valence-corrected chi connectivity index (χ0v) is 9.56. The van der Waals surface area contributed by atoms with E-state index in [4.69, 9.17) is 10.5 Å². The predicted octanol–water partition coefficient (Wildman–Crippen LogP) is 0.173. The molecule has 88 valence electrons. The van der Waals surface area contributed by atoms with Crippen molar-refractivity contribution < 1.29 is 14.6 Å². The molecule has 0 aromatic heterocycles. The number of aliphatic hydroxyl groups is 1. The molecule has 1 fully saturated rings. The van der Waals surface area contributed by atoms with E-state index in [1.165, 1.54) is 4.90 Å². The Balaban J connectivity index is 2.50. The number of nitrogens with two attached hydrogens (primary N) is 1. The third-order valence-electron chi connectivity index (χ3n) is 2.36. The van der Waals surface area contributed by atoms with Crippen molar-refractivity contribution in [3.63, 3.8) is 0 Å². The molecule has 5 nitrogen and oxygen atoms in total. The van der Waals surface area contributed by atoms with E-state index in [-0.39, 0.29) is 12.0 Å². The van der Waals surface area contributed by atoms with Gasteiger partial charge >= 0.3 is 6.09 Å². The molecule has 15 heavy (non-hydrogen) atoms. The molecule has 1 aliphatic rings. The molecule has 3 N–H and O–H groups in total. The first kappa shape index (κ1) is 12.3. The van der Waals surface area contributed by atoms with Gasteiger partial charge in [0.1, 0.15) is 5.60 Å². The Kier molecular flexibility index (Phi) is 3.57. The van der Waals surface area contributed by atoms with Crippen molar-refractivity contribution >= 4 is 6.09 Å². The lowest BCUT2D eigenvalue weighted by Gasteiger charge is -2.24. The van der Waals surface area contributed by atoms with Crippen molar-refractivity contribution in [3.05, 3.63) is 0 Å². The summed E-state index contributed by atoms with van der Waals surface area (Å²) in [5.41, 5.74) is 4.98. The van der Waals surface area contributed by atoms with Crippen LogP contribution in [0.5, 0.6) is 0 Å². The fourth-order valence-corrected chi connectivity index (χ4v) is 1.56. The maximum Gasteiger partial charge on any atom is 0.410 e. The fraction of sp³-hybridized carbons (Fsp3) is 0.900. The third kappa shape index (κ3) is 3.35. The highest BCUT2D eigenvalue weighted by Gasteiger charge is 2.35. The van der Waals surface area contributed by atoms with Crippen LogP contribution in [0.1, 0.15) is 20.8 Å². The highest BCUT2D eigenvalue weighted by atomic mass is 16.6. The van der Waals surface area contributed by atoms with Crippen LogP contribution in [-0.4, -0.2) is 47.4 Å². The van der Waals surface area contributed by atoms with Gasteiger partial charge in [0.2, 0.25) is 0 Å². The topological polar surface area (TPSA) is 75.8 Å². The highest BCUT2D eigenvalue weighted by molar-refractivity contribution is 5.68. The van der Waals surface area contributed by atoms with E-state index in [1.54, 1.807) is 0 Å². The van der Waals surface area contributed by atoms with Crippen molar-refractivity contribution in [1.82, 2.24) is 4.90 Å². The summed E-state index contributed by atoms with van der Waals surface area (Å²) < 4.78 is 5.20. The molecule has 1 rings (SSSR count). The van der Waals surface area contributed by atoms with Gasteiger partial charge in [0.25, 0.3) is 0 Å². The number of amides is 1. The monoisotopic (exact) mass is 216 g/mol. The molecule has 0 aromatic rings. The minimum atomic E-state index is -0.525. The lowest BCUT2D eigenvalue weighted by molar-refractivity contribution is 0.0270. The molecule has 0 saturated carbocycles.